The number of carbonyl (C=O) groups is 1. The van der Waals surface area contributed by atoms with Crippen LogP contribution < -0.4 is 15.4 Å². The third kappa shape index (κ3) is 5.16. The average Bonchev–Trinajstić information content (AvgIpc) is 3.21. The summed E-state index contributed by atoms with van der Waals surface area (Å²) < 4.78 is 79.7. The lowest BCUT2D eigenvalue weighted by Gasteiger charge is -2.22. The number of hydrogen-bond acceptors (Lipinski definition) is 4. The molecule has 2 amide bonds. The lowest BCUT2D eigenvalue weighted by molar-refractivity contribution is -0.136. The Morgan fingerprint density at radius 1 is 1.24 bits per heavy atom. The summed E-state index contributed by atoms with van der Waals surface area (Å²) in [6.45, 7) is 0.858. The first-order valence-electron chi connectivity index (χ1n) is 10.1. The van der Waals surface area contributed by atoms with E-state index in [0.29, 0.717) is 12.8 Å². The summed E-state index contributed by atoms with van der Waals surface area (Å²) in [6, 6.07) is 1.98. The standard InChI is InChI=1S/C21H19F5N4O3/c22-14-7-11(30-20(31)29-9-12-3-1-2-6-32-12)8-15(23)18(14)33-16-4-5-27-19-17(16)13(10-28-19)21(24,25)26/h4-5,7-8,10,12H,1-3,6,9H2,(H,27,28)(H2,29,30,31). The lowest BCUT2D eigenvalue weighted by atomic mass is 10.1. The number of fused-ring (bicyclic) bond motifs is 1. The molecule has 176 valence electrons. The second-order valence-electron chi connectivity index (χ2n) is 7.43. The van der Waals surface area contributed by atoms with Crippen LogP contribution in [-0.4, -0.2) is 35.3 Å². The van der Waals surface area contributed by atoms with Gasteiger partial charge in [0.2, 0.25) is 0 Å². The van der Waals surface area contributed by atoms with Gasteiger partial charge in [0.05, 0.1) is 17.1 Å². The van der Waals surface area contributed by atoms with Gasteiger partial charge in [-0.1, -0.05) is 0 Å². The van der Waals surface area contributed by atoms with Crippen LogP contribution in [0.25, 0.3) is 11.0 Å². The second-order valence-corrected chi connectivity index (χ2v) is 7.43. The minimum Gasteiger partial charge on any atom is -0.450 e. The zero-order valence-electron chi connectivity index (χ0n) is 17.1. The number of benzene rings is 1. The van der Waals surface area contributed by atoms with Gasteiger partial charge in [0.1, 0.15) is 11.4 Å². The van der Waals surface area contributed by atoms with Crippen molar-refractivity contribution in [2.45, 2.75) is 31.5 Å². The van der Waals surface area contributed by atoms with Gasteiger partial charge >= 0.3 is 12.2 Å². The lowest BCUT2D eigenvalue weighted by Crippen LogP contribution is -2.37. The van der Waals surface area contributed by atoms with Crippen LogP contribution in [-0.2, 0) is 10.9 Å². The summed E-state index contributed by atoms with van der Waals surface area (Å²) in [6.07, 6.45) is -0.275. The number of rotatable bonds is 5. The largest absolute Gasteiger partial charge is 0.450 e. The Hall–Kier alpha value is -3.41. The van der Waals surface area contributed by atoms with Crippen LogP contribution in [0.5, 0.6) is 11.5 Å². The fourth-order valence-corrected chi connectivity index (χ4v) is 3.52. The maximum atomic E-state index is 14.6. The molecule has 0 radical (unpaired) electrons. The first-order valence-corrected chi connectivity index (χ1v) is 10.1. The van der Waals surface area contributed by atoms with Crippen molar-refractivity contribution < 1.29 is 36.2 Å². The molecule has 4 rings (SSSR count). The predicted molar refractivity (Wildman–Crippen MR) is 108 cm³/mol. The third-order valence-electron chi connectivity index (χ3n) is 5.07. The number of anilines is 1. The molecular formula is C21H19F5N4O3. The van der Waals surface area contributed by atoms with Crippen LogP contribution in [0.4, 0.5) is 32.4 Å². The van der Waals surface area contributed by atoms with E-state index in [4.69, 9.17) is 9.47 Å². The highest BCUT2D eigenvalue weighted by atomic mass is 19.4. The van der Waals surface area contributed by atoms with Crippen molar-refractivity contribution in [3.63, 3.8) is 0 Å². The Morgan fingerprint density at radius 3 is 2.67 bits per heavy atom. The summed E-state index contributed by atoms with van der Waals surface area (Å²) >= 11 is 0. The molecule has 3 N–H and O–H groups in total. The van der Waals surface area contributed by atoms with Crippen molar-refractivity contribution >= 4 is 22.8 Å². The van der Waals surface area contributed by atoms with Crippen molar-refractivity contribution in [3.8, 4) is 11.5 Å². The van der Waals surface area contributed by atoms with E-state index < -0.39 is 46.3 Å². The molecule has 1 saturated heterocycles. The summed E-state index contributed by atoms with van der Waals surface area (Å²) in [7, 11) is 0. The number of aromatic amines is 1. The number of amides is 2. The molecule has 1 unspecified atom stereocenters. The van der Waals surface area contributed by atoms with Gasteiger partial charge in [0.25, 0.3) is 0 Å². The molecule has 1 fully saturated rings. The number of carbonyl (C=O) groups excluding carboxylic acids is 1. The molecule has 1 aromatic carbocycles. The van der Waals surface area contributed by atoms with E-state index in [1.165, 1.54) is 0 Å². The number of aromatic nitrogens is 2. The highest BCUT2D eigenvalue weighted by Crippen LogP contribution is 2.40. The minimum absolute atomic E-state index is 0.124. The molecule has 0 saturated carbocycles. The molecular weight excluding hydrogens is 451 g/mol. The van der Waals surface area contributed by atoms with Crippen LogP contribution >= 0.6 is 0 Å². The Balaban J connectivity index is 1.50. The maximum Gasteiger partial charge on any atom is 0.418 e. The van der Waals surface area contributed by atoms with Crippen molar-refractivity contribution in [3.05, 3.63) is 47.8 Å². The number of ether oxygens (including phenoxy) is 2. The monoisotopic (exact) mass is 470 g/mol. The van der Waals surface area contributed by atoms with E-state index in [9.17, 15) is 26.7 Å². The molecule has 3 heterocycles. The number of alkyl halides is 3. The zero-order valence-corrected chi connectivity index (χ0v) is 17.1. The molecule has 1 aliphatic heterocycles. The van der Waals surface area contributed by atoms with Gasteiger partial charge in [0.15, 0.2) is 17.4 Å². The number of nitrogens with one attached hydrogen (secondary N) is 3. The van der Waals surface area contributed by atoms with Gasteiger partial charge in [-0.05, 0) is 25.3 Å². The highest BCUT2D eigenvalue weighted by molar-refractivity contribution is 5.89. The topological polar surface area (TPSA) is 88.3 Å². The first kappa shape index (κ1) is 22.8. The van der Waals surface area contributed by atoms with Gasteiger partial charge in [-0.25, -0.2) is 18.6 Å². The van der Waals surface area contributed by atoms with Gasteiger partial charge in [-0.2, -0.15) is 13.2 Å². The van der Waals surface area contributed by atoms with E-state index in [-0.39, 0.29) is 24.0 Å². The molecule has 12 heteroatoms. The van der Waals surface area contributed by atoms with Crippen molar-refractivity contribution in [1.29, 1.82) is 0 Å². The Morgan fingerprint density at radius 2 is 2.00 bits per heavy atom. The second kappa shape index (κ2) is 9.22. The fraction of sp³-hybridized carbons (Fsp3) is 0.333. The van der Waals surface area contributed by atoms with E-state index in [2.05, 4.69) is 20.6 Å². The number of nitrogens with zero attached hydrogens (tertiary/aromatic N) is 1. The molecule has 1 aliphatic rings. The molecule has 0 bridgehead atoms. The third-order valence-corrected chi connectivity index (χ3v) is 5.07. The van der Waals surface area contributed by atoms with Gasteiger partial charge in [-0.15, -0.1) is 0 Å². The highest BCUT2D eigenvalue weighted by Gasteiger charge is 2.35. The average molecular weight is 470 g/mol. The number of H-pyrrole nitrogens is 1. The number of halogens is 5. The van der Waals surface area contributed by atoms with Gasteiger partial charge in [0, 0.05) is 43.4 Å². The molecule has 0 aliphatic carbocycles. The van der Waals surface area contributed by atoms with Crippen LogP contribution in [0.2, 0.25) is 0 Å². The van der Waals surface area contributed by atoms with Crippen LogP contribution in [0.15, 0.2) is 30.6 Å². The smallest absolute Gasteiger partial charge is 0.418 e. The van der Waals surface area contributed by atoms with Gasteiger partial charge < -0.3 is 25.1 Å². The summed E-state index contributed by atoms with van der Waals surface area (Å²) in [5, 5.41) is 4.40. The van der Waals surface area contributed by atoms with E-state index in [0.717, 1.165) is 43.7 Å². The minimum atomic E-state index is -4.74. The summed E-state index contributed by atoms with van der Waals surface area (Å²) in [4.78, 5) is 18.2. The van der Waals surface area contributed by atoms with Crippen molar-refractivity contribution in [2.75, 3.05) is 18.5 Å². The Bertz CT molecular complexity index is 1140. The van der Waals surface area contributed by atoms with E-state index in [1.54, 1.807) is 0 Å². The number of hydrogen-bond donors (Lipinski definition) is 3. The summed E-state index contributed by atoms with van der Waals surface area (Å²) in [5.41, 5.74) is -1.44. The van der Waals surface area contributed by atoms with Crippen LogP contribution in [0.1, 0.15) is 24.8 Å². The normalized spacial score (nSPS) is 16.6. The SMILES string of the molecule is O=C(NCC1CCCCO1)Nc1cc(F)c(Oc2ccnc3[nH]cc(C(F)(F)F)c23)c(F)c1. The number of pyridine rings is 1. The Labute approximate surface area is 184 Å². The number of urea groups is 1. The molecule has 33 heavy (non-hydrogen) atoms. The molecule has 2 aromatic heterocycles. The quantitative estimate of drug-likeness (QED) is 0.439. The molecule has 1 atom stereocenters. The fourth-order valence-electron chi connectivity index (χ4n) is 3.52. The predicted octanol–water partition coefficient (Wildman–Crippen LogP) is 5.34. The van der Waals surface area contributed by atoms with Crippen LogP contribution in [0.3, 0.4) is 0 Å². The summed E-state index contributed by atoms with van der Waals surface area (Å²) in [5.74, 6) is -3.78. The van der Waals surface area contributed by atoms with Crippen LogP contribution in [0, 0.1) is 11.6 Å². The van der Waals surface area contributed by atoms with E-state index in [1.807, 2.05) is 0 Å². The first-order chi connectivity index (χ1) is 15.7. The maximum absolute atomic E-state index is 14.6. The van der Waals surface area contributed by atoms with Gasteiger partial charge in [-0.3, -0.25) is 0 Å². The molecule has 3 aromatic rings. The van der Waals surface area contributed by atoms with Crippen molar-refractivity contribution in [2.24, 2.45) is 0 Å². The Kier molecular flexibility index (Phi) is 6.36. The van der Waals surface area contributed by atoms with E-state index >= 15 is 0 Å². The van der Waals surface area contributed by atoms with Crippen molar-refractivity contribution in [1.82, 2.24) is 15.3 Å². The molecule has 0 spiro atoms. The zero-order chi connectivity index (χ0) is 23.6. The molecule has 7 nitrogen and oxygen atoms in total.